The van der Waals surface area contributed by atoms with Gasteiger partial charge in [0.2, 0.25) is 0 Å². The maximum absolute atomic E-state index is 8.35. The van der Waals surface area contributed by atoms with Gasteiger partial charge in [-0.2, -0.15) is 0 Å². The van der Waals surface area contributed by atoms with E-state index in [1.54, 1.807) is 0 Å². The van der Waals surface area contributed by atoms with Gasteiger partial charge in [-0.3, -0.25) is 0 Å². The largest absolute Gasteiger partial charge is 0.427 e. The Morgan fingerprint density at radius 2 is 0.667 bits per heavy atom. The normalized spacial score (nSPS) is 8.67. The summed E-state index contributed by atoms with van der Waals surface area (Å²) in [6.45, 7) is -7.61. The summed E-state index contributed by atoms with van der Waals surface area (Å²) in [5.41, 5.74) is 0. The van der Waals surface area contributed by atoms with Crippen LogP contribution in [0.4, 0.5) is 0 Å². The molecule has 0 fully saturated rings. The van der Waals surface area contributed by atoms with Crippen molar-refractivity contribution in [1.82, 2.24) is 0 Å². The molecule has 21 heavy (non-hydrogen) atoms. The highest BCUT2D eigenvalue weighted by Gasteiger charge is 1.92. The monoisotopic (exact) mass is 403 g/mol. The molecular formula is C8H21O8P2S3-. The number of rotatable bonds is 0. The van der Waals surface area contributed by atoms with Gasteiger partial charge in [0.15, 0.2) is 0 Å². The molecule has 8 nitrogen and oxygen atoms in total. The van der Waals surface area contributed by atoms with Gasteiger partial charge in [-0.15, -0.1) is 0 Å². The summed E-state index contributed by atoms with van der Waals surface area (Å²) < 4.78 is 16.7. The molecule has 0 saturated heterocycles. The van der Waals surface area contributed by atoms with Crippen LogP contribution in [0.3, 0.4) is 0 Å². The fourth-order valence-electron chi connectivity index (χ4n) is 0.385. The lowest BCUT2D eigenvalue weighted by Crippen LogP contribution is -1.65. The van der Waals surface area contributed by atoms with E-state index in [4.69, 9.17) is 37.8 Å². The van der Waals surface area contributed by atoms with Gasteiger partial charge in [-0.05, 0) is 23.6 Å². The molecule has 0 atom stereocenters. The van der Waals surface area contributed by atoms with Crippen molar-refractivity contribution in [1.29, 1.82) is 0 Å². The number of hydrogen-bond acceptors (Lipinski definition) is 5. The molecule has 0 heterocycles. The Morgan fingerprint density at radius 3 is 0.714 bits per heavy atom. The summed E-state index contributed by atoms with van der Waals surface area (Å²) in [4.78, 5) is 45.3. The van der Waals surface area contributed by atoms with Crippen molar-refractivity contribution in [2.45, 2.75) is 14.9 Å². The quantitative estimate of drug-likeness (QED) is 0.208. The van der Waals surface area contributed by atoms with Crippen molar-refractivity contribution < 1.29 is 37.8 Å². The van der Waals surface area contributed by atoms with Crippen molar-refractivity contribution >= 4 is 48.6 Å². The van der Waals surface area contributed by atoms with Crippen molar-refractivity contribution in [3.63, 3.8) is 0 Å². The zero-order valence-electron chi connectivity index (χ0n) is 9.12. The molecule has 0 aromatic heterocycles. The van der Waals surface area contributed by atoms with Crippen LogP contribution in [0, 0.1) is 0 Å². The minimum atomic E-state index is -3.81. The minimum absolute atomic E-state index is 0. The molecule has 6 N–H and O–H groups in total. The molecule has 0 bridgehead atoms. The first-order chi connectivity index (χ1) is 8.41. The van der Waals surface area contributed by atoms with Crippen LogP contribution in [0.15, 0.2) is 36.4 Å². The van der Waals surface area contributed by atoms with E-state index in [0.717, 1.165) is 0 Å². The van der Waals surface area contributed by atoms with Crippen LogP contribution < -0.4 is 0 Å². The summed E-state index contributed by atoms with van der Waals surface area (Å²) in [7, 11) is 0. The predicted molar refractivity (Wildman–Crippen MR) is 91.9 cm³/mol. The average Bonchev–Trinajstić information content (AvgIpc) is 2.16. The average molecular weight is 403 g/mol. The van der Waals surface area contributed by atoms with Gasteiger partial charge in [0, 0.05) is 0 Å². The summed E-state index contributed by atoms with van der Waals surface area (Å²) in [5.74, 6) is 0. The molecule has 0 radical (unpaired) electrons. The molecule has 1 aromatic carbocycles. The number of benzene rings is 1. The first-order valence-corrected chi connectivity index (χ1v) is 9.98. The van der Waals surface area contributed by atoms with E-state index >= 15 is 0 Å². The second kappa shape index (κ2) is 20.2. The Kier molecular flexibility index (Phi) is 31.8. The van der Waals surface area contributed by atoms with E-state index in [9.17, 15) is 0 Å². The smallest absolute Gasteiger partial charge is 0.319 e. The summed E-state index contributed by atoms with van der Waals surface area (Å²) in [5, 5.41) is 0. The van der Waals surface area contributed by atoms with Crippen LogP contribution in [-0.4, -0.2) is 29.4 Å². The molecule has 0 aliphatic heterocycles. The maximum Gasteiger partial charge on any atom is 0.319 e. The molecule has 0 aliphatic rings. The lowest BCUT2D eigenvalue weighted by molar-refractivity contribution is 0.361. The summed E-state index contributed by atoms with van der Waals surface area (Å²) >= 11 is 6.12. The van der Waals surface area contributed by atoms with Crippen LogP contribution in [0.25, 0.3) is 0 Å². The molecule has 0 aliphatic carbocycles. The maximum atomic E-state index is 8.35. The Hall–Kier alpha value is 0.230. The Bertz CT molecular complexity index is 363. The fourth-order valence-corrected chi connectivity index (χ4v) is 0.385. The molecule has 0 spiro atoms. The van der Waals surface area contributed by atoms with Gasteiger partial charge < -0.3 is 37.8 Å². The summed E-state index contributed by atoms with van der Waals surface area (Å²) in [6, 6.07) is 12.0. The van der Waals surface area contributed by atoms with E-state index in [0.29, 0.717) is 0 Å². The fraction of sp³-hybridized carbons (Fsp3) is 0.250. The van der Waals surface area contributed by atoms with E-state index < -0.39 is 25.0 Å². The van der Waals surface area contributed by atoms with Gasteiger partial charge in [0.1, 0.15) is 0 Å². The Labute approximate surface area is 137 Å². The van der Waals surface area contributed by atoms with Crippen LogP contribution in [0.2, 0.25) is 0 Å². The Morgan fingerprint density at radius 1 is 0.619 bits per heavy atom. The second-order valence-electron chi connectivity index (χ2n) is 2.26. The molecule has 1 aromatic rings. The van der Waals surface area contributed by atoms with Gasteiger partial charge in [0.05, 0.1) is 0 Å². The summed E-state index contributed by atoms with van der Waals surface area (Å²) in [6.07, 6.45) is 0. The zero-order chi connectivity index (χ0) is 15.9. The molecule has 0 unspecified atom stereocenters. The molecule has 130 valence electrons. The van der Waals surface area contributed by atoms with Crippen LogP contribution in [0.1, 0.15) is 14.9 Å². The predicted octanol–water partition coefficient (Wildman–Crippen LogP) is 0.827. The SMILES string of the molecule is C.C.O=[SH-]=O.OP(O)(O)=S.OP(O)(O)=S.c1ccccc1. The van der Waals surface area contributed by atoms with Crippen molar-refractivity contribution in [3.8, 4) is 0 Å². The van der Waals surface area contributed by atoms with Gasteiger partial charge >= 0.3 is 13.4 Å². The third kappa shape index (κ3) is 173. The van der Waals surface area contributed by atoms with Gasteiger partial charge in [-0.25, -0.2) is 0 Å². The molecule has 1 rings (SSSR count). The minimum Gasteiger partial charge on any atom is -0.427 e. The van der Waals surface area contributed by atoms with Crippen molar-refractivity contribution in [2.75, 3.05) is 0 Å². The van der Waals surface area contributed by atoms with E-state index in [2.05, 4.69) is 23.6 Å². The molecule has 0 amide bonds. The topological polar surface area (TPSA) is 156 Å². The van der Waals surface area contributed by atoms with Crippen LogP contribution >= 0.6 is 13.4 Å². The van der Waals surface area contributed by atoms with Crippen molar-refractivity contribution in [3.05, 3.63) is 36.4 Å². The van der Waals surface area contributed by atoms with E-state index in [-0.39, 0.29) is 14.9 Å². The lowest BCUT2D eigenvalue weighted by atomic mass is 10.4. The molecule has 0 saturated carbocycles. The standard InChI is InChI=1S/C6H6.2CH4.2H3O3PS.HO2S/c1-2-4-6-5-3-1;;;2*1-4(2,3)5;1-3-2/h1-6H;2*1H4;2*(H3,1,2,3,5);3H/q;;;;;-1. The lowest BCUT2D eigenvalue weighted by Gasteiger charge is -1.88. The zero-order valence-corrected chi connectivity index (χ0v) is 13.4. The van der Waals surface area contributed by atoms with Gasteiger partial charge in [0.25, 0.3) is 0 Å². The Balaban J connectivity index is -0.0000000539. The number of thiol groups is 1. The van der Waals surface area contributed by atoms with Crippen LogP contribution in [-0.2, 0) is 43.6 Å². The van der Waals surface area contributed by atoms with E-state index in [1.165, 1.54) is 0 Å². The highest BCUT2D eigenvalue weighted by atomic mass is 32.5. The van der Waals surface area contributed by atoms with Gasteiger partial charge in [-0.1, -0.05) is 62.8 Å². The number of hydrogen-bond donors (Lipinski definition) is 6. The van der Waals surface area contributed by atoms with Crippen LogP contribution in [0.5, 0.6) is 0 Å². The molecule has 13 heteroatoms. The first kappa shape index (κ1) is 33.0. The first-order valence-electron chi connectivity index (χ1n) is 3.93. The second-order valence-corrected chi connectivity index (χ2v) is 7.40. The van der Waals surface area contributed by atoms with E-state index in [1.807, 2.05) is 36.4 Å². The molecular weight excluding hydrogens is 382 g/mol. The third-order valence-electron chi connectivity index (χ3n) is 0.667. The highest BCUT2D eigenvalue weighted by molar-refractivity contribution is 8.06. The highest BCUT2D eigenvalue weighted by Crippen LogP contribution is 2.26. The van der Waals surface area contributed by atoms with Crippen molar-refractivity contribution in [2.24, 2.45) is 0 Å². The third-order valence-corrected chi connectivity index (χ3v) is 0.667.